The first kappa shape index (κ1) is 10.6. The molecule has 0 aliphatic heterocycles. The molecule has 6 heteroatoms. The van der Waals surface area contributed by atoms with E-state index >= 15 is 0 Å². The van der Waals surface area contributed by atoms with Crippen LogP contribution in [0.15, 0.2) is 35.2 Å². The van der Waals surface area contributed by atoms with E-state index in [0.29, 0.717) is 6.54 Å². The molecule has 0 amide bonds. The first-order valence-electron chi connectivity index (χ1n) is 4.61. The average molecular weight is 235 g/mol. The van der Waals surface area contributed by atoms with Gasteiger partial charge in [-0.3, -0.25) is 10.1 Å². The highest BCUT2D eigenvalue weighted by molar-refractivity contribution is 7.07. The van der Waals surface area contributed by atoms with Crippen molar-refractivity contribution in [3.63, 3.8) is 0 Å². The Labute approximate surface area is 95.9 Å². The maximum atomic E-state index is 10.6. The summed E-state index contributed by atoms with van der Waals surface area (Å²) in [6.45, 7) is 0.574. The van der Waals surface area contributed by atoms with Crippen molar-refractivity contribution in [1.82, 2.24) is 4.98 Å². The fourth-order valence-corrected chi connectivity index (χ4v) is 1.81. The van der Waals surface area contributed by atoms with E-state index < -0.39 is 4.92 Å². The highest BCUT2D eigenvalue weighted by atomic mass is 32.1. The monoisotopic (exact) mass is 235 g/mol. The largest absolute Gasteiger partial charge is 0.379 e. The van der Waals surface area contributed by atoms with Gasteiger partial charge in [-0.05, 0) is 6.07 Å². The van der Waals surface area contributed by atoms with Crippen LogP contribution in [-0.2, 0) is 6.54 Å². The molecule has 82 valence electrons. The summed E-state index contributed by atoms with van der Waals surface area (Å²) in [4.78, 5) is 14.3. The van der Waals surface area contributed by atoms with Crippen molar-refractivity contribution in [2.75, 3.05) is 5.32 Å². The van der Waals surface area contributed by atoms with Crippen molar-refractivity contribution in [2.45, 2.75) is 6.54 Å². The molecule has 0 fully saturated rings. The van der Waals surface area contributed by atoms with Crippen molar-refractivity contribution >= 4 is 22.7 Å². The topological polar surface area (TPSA) is 68.1 Å². The van der Waals surface area contributed by atoms with Gasteiger partial charge in [0.15, 0.2) is 0 Å². The first-order valence-corrected chi connectivity index (χ1v) is 5.55. The summed E-state index contributed by atoms with van der Waals surface area (Å²) in [7, 11) is 0. The van der Waals surface area contributed by atoms with Crippen LogP contribution in [0.2, 0.25) is 0 Å². The van der Waals surface area contributed by atoms with E-state index in [1.54, 1.807) is 17.6 Å². The fraction of sp³-hybridized carbons (Fsp3) is 0.100. The number of benzene rings is 1. The third-order valence-corrected chi connectivity index (χ3v) is 2.65. The Morgan fingerprint density at radius 3 is 3.06 bits per heavy atom. The molecule has 5 nitrogen and oxygen atoms in total. The predicted octanol–water partition coefficient (Wildman–Crippen LogP) is 2.66. The number of nitro benzene ring substituents is 1. The molecule has 0 atom stereocenters. The van der Waals surface area contributed by atoms with Crippen LogP contribution in [0, 0.1) is 10.1 Å². The van der Waals surface area contributed by atoms with Gasteiger partial charge in [0.05, 0.1) is 22.7 Å². The Morgan fingerprint density at radius 2 is 2.38 bits per heavy atom. The molecule has 0 saturated carbocycles. The molecule has 0 radical (unpaired) electrons. The Kier molecular flexibility index (Phi) is 3.11. The Morgan fingerprint density at radius 1 is 1.50 bits per heavy atom. The third kappa shape index (κ3) is 2.54. The third-order valence-electron chi connectivity index (χ3n) is 2.01. The predicted molar refractivity (Wildman–Crippen MR) is 62.5 cm³/mol. The lowest BCUT2D eigenvalue weighted by molar-refractivity contribution is -0.384. The number of thiazole rings is 1. The van der Waals surface area contributed by atoms with Crippen LogP contribution in [-0.4, -0.2) is 9.91 Å². The smallest absolute Gasteiger partial charge is 0.271 e. The standard InChI is InChI=1S/C10H9N3O2S/c14-13(15)10-3-1-2-8(4-10)11-5-9-6-16-7-12-9/h1-4,6-7,11H,5H2. The van der Waals surface area contributed by atoms with E-state index in [0.717, 1.165) is 11.4 Å². The lowest BCUT2D eigenvalue weighted by Gasteiger charge is -2.03. The van der Waals surface area contributed by atoms with Gasteiger partial charge in [-0.15, -0.1) is 11.3 Å². The van der Waals surface area contributed by atoms with Gasteiger partial charge in [0, 0.05) is 23.2 Å². The number of anilines is 1. The second-order valence-corrected chi connectivity index (χ2v) is 3.86. The van der Waals surface area contributed by atoms with Crippen LogP contribution in [0.5, 0.6) is 0 Å². The van der Waals surface area contributed by atoms with Crippen LogP contribution < -0.4 is 5.32 Å². The van der Waals surface area contributed by atoms with Gasteiger partial charge < -0.3 is 5.32 Å². The number of hydrogen-bond acceptors (Lipinski definition) is 5. The molecular formula is C10H9N3O2S. The summed E-state index contributed by atoms with van der Waals surface area (Å²) in [5.41, 5.74) is 3.49. The summed E-state index contributed by atoms with van der Waals surface area (Å²) in [6.07, 6.45) is 0. The van der Waals surface area contributed by atoms with E-state index in [1.165, 1.54) is 23.5 Å². The highest BCUT2D eigenvalue weighted by Gasteiger charge is 2.05. The maximum Gasteiger partial charge on any atom is 0.271 e. The molecule has 0 spiro atoms. The fourth-order valence-electron chi connectivity index (χ4n) is 1.25. The van der Waals surface area contributed by atoms with Gasteiger partial charge in [0.2, 0.25) is 0 Å². The van der Waals surface area contributed by atoms with Crippen molar-refractivity contribution in [1.29, 1.82) is 0 Å². The lowest BCUT2D eigenvalue weighted by Crippen LogP contribution is -1.99. The molecule has 1 heterocycles. The molecule has 2 rings (SSSR count). The molecule has 0 unspecified atom stereocenters. The van der Waals surface area contributed by atoms with Crippen LogP contribution in [0.3, 0.4) is 0 Å². The van der Waals surface area contributed by atoms with Gasteiger partial charge in [-0.25, -0.2) is 4.98 Å². The van der Waals surface area contributed by atoms with Crippen LogP contribution >= 0.6 is 11.3 Å². The summed E-state index contributed by atoms with van der Waals surface area (Å²) >= 11 is 1.52. The number of hydrogen-bond donors (Lipinski definition) is 1. The zero-order valence-electron chi connectivity index (χ0n) is 8.29. The summed E-state index contributed by atoms with van der Waals surface area (Å²) in [5.74, 6) is 0. The summed E-state index contributed by atoms with van der Waals surface area (Å²) in [6, 6.07) is 6.42. The number of nitrogens with zero attached hydrogens (tertiary/aromatic N) is 2. The zero-order chi connectivity index (χ0) is 11.4. The van der Waals surface area contributed by atoms with Crippen molar-refractivity contribution in [3.8, 4) is 0 Å². The van der Waals surface area contributed by atoms with E-state index in [-0.39, 0.29) is 5.69 Å². The van der Waals surface area contributed by atoms with E-state index in [1.807, 2.05) is 5.38 Å². The Balaban J connectivity index is 2.04. The van der Waals surface area contributed by atoms with Crippen molar-refractivity contribution < 1.29 is 4.92 Å². The van der Waals surface area contributed by atoms with Crippen LogP contribution in [0.25, 0.3) is 0 Å². The van der Waals surface area contributed by atoms with Crippen molar-refractivity contribution in [2.24, 2.45) is 0 Å². The normalized spacial score (nSPS) is 10.0. The average Bonchev–Trinajstić information content (AvgIpc) is 2.79. The second-order valence-electron chi connectivity index (χ2n) is 3.14. The zero-order valence-corrected chi connectivity index (χ0v) is 9.11. The highest BCUT2D eigenvalue weighted by Crippen LogP contribution is 2.17. The van der Waals surface area contributed by atoms with E-state index in [4.69, 9.17) is 0 Å². The van der Waals surface area contributed by atoms with Crippen molar-refractivity contribution in [3.05, 3.63) is 51.0 Å². The minimum Gasteiger partial charge on any atom is -0.379 e. The van der Waals surface area contributed by atoms with Gasteiger partial charge in [-0.1, -0.05) is 6.07 Å². The lowest BCUT2D eigenvalue weighted by atomic mass is 10.3. The minimum atomic E-state index is -0.409. The Bertz CT molecular complexity index is 485. The number of nitrogens with one attached hydrogen (secondary N) is 1. The van der Waals surface area contributed by atoms with Gasteiger partial charge >= 0.3 is 0 Å². The summed E-state index contributed by atoms with van der Waals surface area (Å²) < 4.78 is 0. The molecule has 1 N–H and O–H groups in total. The quantitative estimate of drug-likeness (QED) is 0.653. The molecule has 0 saturated heterocycles. The Hall–Kier alpha value is -1.95. The molecular weight excluding hydrogens is 226 g/mol. The molecule has 0 aliphatic carbocycles. The van der Waals surface area contributed by atoms with E-state index in [2.05, 4.69) is 10.3 Å². The second kappa shape index (κ2) is 4.71. The van der Waals surface area contributed by atoms with Gasteiger partial charge in [0.1, 0.15) is 0 Å². The van der Waals surface area contributed by atoms with Crippen LogP contribution in [0.4, 0.5) is 11.4 Å². The number of rotatable bonds is 4. The molecule has 16 heavy (non-hydrogen) atoms. The number of non-ortho nitro benzene ring substituents is 1. The maximum absolute atomic E-state index is 10.6. The van der Waals surface area contributed by atoms with Crippen LogP contribution in [0.1, 0.15) is 5.69 Å². The molecule has 2 aromatic rings. The molecule has 1 aromatic carbocycles. The SMILES string of the molecule is O=[N+]([O-])c1cccc(NCc2cscn2)c1. The number of aromatic nitrogens is 1. The molecule has 0 aliphatic rings. The number of nitro groups is 1. The van der Waals surface area contributed by atoms with E-state index in [9.17, 15) is 10.1 Å². The molecule has 1 aromatic heterocycles. The molecule has 0 bridgehead atoms. The first-order chi connectivity index (χ1) is 7.75. The van der Waals surface area contributed by atoms with Gasteiger partial charge in [-0.2, -0.15) is 0 Å². The summed E-state index contributed by atoms with van der Waals surface area (Å²) in [5, 5.41) is 15.6. The minimum absolute atomic E-state index is 0.0864. The van der Waals surface area contributed by atoms with Gasteiger partial charge in [0.25, 0.3) is 5.69 Å².